The maximum Gasteiger partial charge on any atom is 0.160 e. The molecule has 0 aliphatic heterocycles. The number of hydrogen-bond acceptors (Lipinski definition) is 5. The third-order valence-corrected chi connectivity index (χ3v) is 13.7. The van der Waals surface area contributed by atoms with Crippen molar-refractivity contribution >= 4 is 65.6 Å². The second kappa shape index (κ2) is 16.1. The van der Waals surface area contributed by atoms with Crippen LogP contribution in [0.25, 0.3) is 144 Å². The molecule has 0 spiro atoms. The van der Waals surface area contributed by atoms with Gasteiger partial charge in [0.15, 0.2) is 5.82 Å². The van der Waals surface area contributed by atoms with E-state index >= 15 is 0 Å². The van der Waals surface area contributed by atoms with Crippen LogP contribution in [0.4, 0.5) is 0 Å². The molecule has 0 bridgehead atoms. The summed E-state index contributed by atoms with van der Waals surface area (Å²) in [7, 11) is 0. The monoisotopic (exact) mass is 893 g/mol. The van der Waals surface area contributed by atoms with E-state index in [-0.39, 0.29) is 0 Å². The minimum Gasteiger partial charge on any atom is -0.456 e. The quantitative estimate of drug-likeness (QED) is 0.149. The summed E-state index contributed by atoms with van der Waals surface area (Å²) in [6.07, 6.45) is 0. The van der Waals surface area contributed by atoms with Gasteiger partial charge in [-0.1, -0.05) is 188 Å². The van der Waals surface area contributed by atoms with Gasteiger partial charge >= 0.3 is 0 Å². The van der Waals surface area contributed by atoms with Crippen LogP contribution in [-0.2, 0) is 0 Å². The fourth-order valence-electron chi connectivity index (χ4n) is 10.4. The standard InChI is InChI=1S/C65H39N3O2/c1-3-17-40(18-4-1)55-39-56(68-65(67-55)47-26-15-23-44(37-47)48-30-16-31-50-49-27-8-11-33-57(49)70-64(48)50)45-24-13-21-42(35-45)43-22-14-25-46(36-43)60-61-51-28-7-10-32-54(51)66-63(41-19-5-2-6-20-41)53(61)38-59-62(60)52-29-9-12-34-58(52)69-59/h1-39H. The Kier molecular flexibility index (Phi) is 9.14. The van der Waals surface area contributed by atoms with Gasteiger partial charge in [-0.2, -0.15) is 0 Å². The topological polar surface area (TPSA) is 65.0 Å². The molecular formula is C65H39N3O2. The maximum atomic E-state index is 6.70. The summed E-state index contributed by atoms with van der Waals surface area (Å²) >= 11 is 0. The van der Waals surface area contributed by atoms with Crippen LogP contribution >= 0.6 is 0 Å². The molecule has 0 aliphatic rings. The molecule has 4 heterocycles. The zero-order chi connectivity index (χ0) is 46.1. The van der Waals surface area contributed by atoms with Gasteiger partial charge in [-0.25, -0.2) is 15.0 Å². The summed E-state index contributed by atoms with van der Waals surface area (Å²) in [6, 6.07) is 82.6. The number of para-hydroxylation sites is 4. The Balaban J connectivity index is 0.927. The lowest BCUT2D eigenvalue weighted by atomic mass is 9.88. The normalized spacial score (nSPS) is 11.7. The average Bonchev–Trinajstić information content (AvgIpc) is 4.01. The van der Waals surface area contributed by atoms with E-state index < -0.39 is 0 Å². The van der Waals surface area contributed by atoms with Gasteiger partial charge in [0.1, 0.15) is 22.3 Å². The predicted molar refractivity (Wildman–Crippen MR) is 287 cm³/mol. The molecule has 0 saturated heterocycles. The molecule has 0 unspecified atom stereocenters. The number of aromatic nitrogens is 3. The molecule has 0 N–H and O–H groups in total. The molecule has 0 aliphatic carbocycles. The van der Waals surface area contributed by atoms with Crippen LogP contribution in [0, 0.1) is 0 Å². The number of fused-ring (bicyclic) bond motifs is 9. The van der Waals surface area contributed by atoms with E-state index in [1.807, 2.05) is 30.3 Å². The lowest BCUT2D eigenvalue weighted by Crippen LogP contribution is -1.96. The van der Waals surface area contributed by atoms with Gasteiger partial charge in [-0.3, -0.25) is 0 Å². The summed E-state index contributed by atoms with van der Waals surface area (Å²) < 4.78 is 13.2. The molecule has 0 amide bonds. The predicted octanol–water partition coefficient (Wildman–Crippen LogP) is 17.6. The second-order valence-electron chi connectivity index (χ2n) is 17.8. The third kappa shape index (κ3) is 6.59. The van der Waals surface area contributed by atoms with Gasteiger partial charge in [0.05, 0.1) is 22.6 Å². The van der Waals surface area contributed by atoms with Gasteiger partial charge in [0.25, 0.3) is 0 Å². The first-order valence-corrected chi connectivity index (χ1v) is 23.6. The van der Waals surface area contributed by atoms with E-state index in [1.54, 1.807) is 0 Å². The SMILES string of the molecule is c1ccc(-c2cc(-c3cccc(-c4cccc(-c5c6c(cc7c(-c8ccccc8)nc8ccccc8c57)oc5ccccc56)c4)c3)nc(-c3cccc(-c4cccc5c4oc4ccccc45)c3)n2)cc1. The molecule has 326 valence electrons. The zero-order valence-corrected chi connectivity index (χ0v) is 37.7. The van der Waals surface area contributed by atoms with Crippen molar-refractivity contribution in [1.29, 1.82) is 0 Å². The molecule has 0 radical (unpaired) electrons. The van der Waals surface area contributed by atoms with Crippen molar-refractivity contribution in [2.45, 2.75) is 0 Å². The number of rotatable bonds is 7. The van der Waals surface area contributed by atoms with Crippen LogP contribution in [0.5, 0.6) is 0 Å². The highest BCUT2D eigenvalue weighted by molar-refractivity contribution is 6.28. The summed E-state index contributed by atoms with van der Waals surface area (Å²) in [4.78, 5) is 15.9. The van der Waals surface area contributed by atoms with Crippen LogP contribution in [-0.4, -0.2) is 15.0 Å². The lowest BCUT2D eigenvalue weighted by molar-refractivity contribution is 0.669. The molecule has 5 nitrogen and oxygen atoms in total. The molecule has 0 saturated carbocycles. The minimum atomic E-state index is 0.645. The fraction of sp³-hybridized carbons (Fsp3) is 0. The van der Waals surface area contributed by atoms with Crippen molar-refractivity contribution in [2.24, 2.45) is 0 Å². The number of pyridine rings is 1. The molecule has 14 rings (SSSR count). The van der Waals surface area contributed by atoms with E-state index in [1.165, 1.54) is 0 Å². The molecular weight excluding hydrogens is 855 g/mol. The van der Waals surface area contributed by atoms with Crippen molar-refractivity contribution in [3.05, 3.63) is 237 Å². The Hall–Kier alpha value is -9.45. The Morgan fingerprint density at radius 2 is 0.829 bits per heavy atom. The molecule has 10 aromatic carbocycles. The van der Waals surface area contributed by atoms with E-state index in [4.69, 9.17) is 23.8 Å². The largest absolute Gasteiger partial charge is 0.456 e. The second-order valence-corrected chi connectivity index (χ2v) is 17.8. The first-order chi connectivity index (χ1) is 34.7. The molecule has 4 aromatic heterocycles. The Morgan fingerprint density at radius 3 is 1.61 bits per heavy atom. The number of nitrogens with zero attached hydrogens (tertiary/aromatic N) is 3. The molecule has 0 fully saturated rings. The van der Waals surface area contributed by atoms with E-state index in [0.717, 1.165) is 138 Å². The number of hydrogen-bond donors (Lipinski definition) is 0. The smallest absolute Gasteiger partial charge is 0.160 e. The van der Waals surface area contributed by atoms with Crippen LogP contribution in [0.3, 0.4) is 0 Å². The van der Waals surface area contributed by atoms with Crippen LogP contribution in [0.15, 0.2) is 245 Å². The summed E-state index contributed by atoms with van der Waals surface area (Å²) in [5.74, 6) is 0.645. The Morgan fingerprint density at radius 1 is 0.286 bits per heavy atom. The Bertz CT molecular complexity index is 4360. The van der Waals surface area contributed by atoms with Gasteiger partial charge in [0.2, 0.25) is 0 Å². The van der Waals surface area contributed by atoms with Crippen LogP contribution in [0.2, 0.25) is 0 Å². The van der Waals surface area contributed by atoms with Crippen molar-refractivity contribution in [1.82, 2.24) is 15.0 Å². The summed E-state index contributed by atoms with van der Waals surface area (Å²) in [5.41, 5.74) is 17.4. The van der Waals surface area contributed by atoms with Crippen molar-refractivity contribution in [2.75, 3.05) is 0 Å². The third-order valence-electron chi connectivity index (χ3n) is 13.7. The van der Waals surface area contributed by atoms with Crippen molar-refractivity contribution in [3.8, 4) is 78.5 Å². The van der Waals surface area contributed by atoms with Crippen LogP contribution in [0.1, 0.15) is 0 Å². The highest BCUT2D eigenvalue weighted by Crippen LogP contribution is 2.47. The fourth-order valence-corrected chi connectivity index (χ4v) is 10.4. The van der Waals surface area contributed by atoms with E-state index in [0.29, 0.717) is 5.82 Å². The molecule has 5 heteroatoms. The summed E-state index contributed by atoms with van der Waals surface area (Å²) in [6.45, 7) is 0. The van der Waals surface area contributed by atoms with E-state index in [2.05, 4.69) is 206 Å². The first kappa shape index (κ1) is 39.7. The maximum absolute atomic E-state index is 6.70. The minimum absolute atomic E-state index is 0.645. The zero-order valence-electron chi connectivity index (χ0n) is 37.7. The highest BCUT2D eigenvalue weighted by atomic mass is 16.3. The van der Waals surface area contributed by atoms with Crippen molar-refractivity contribution < 1.29 is 8.83 Å². The first-order valence-electron chi connectivity index (χ1n) is 23.6. The molecule has 70 heavy (non-hydrogen) atoms. The van der Waals surface area contributed by atoms with Gasteiger partial charge < -0.3 is 8.83 Å². The van der Waals surface area contributed by atoms with E-state index in [9.17, 15) is 0 Å². The van der Waals surface area contributed by atoms with Gasteiger partial charge in [-0.15, -0.1) is 0 Å². The number of benzene rings is 10. The molecule has 0 atom stereocenters. The van der Waals surface area contributed by atoms with Crippen LogP contribution < -0.4 is 0 Å². The highest BCUT2D eigenvalue weighted by Gasteiger charge is 2.22. The number of furan rings is 2. The Labute approximate surface area is 402 Å². The van der Waals surface area contributed by atoms with Gasteiger partial charge in [0, 0.05) is 71.1 Å². The lowest BCUT2D eigenvalue weighted by Gasteiger charge is -2.16. The summed E-state index contributed by atoms with van der Waals surface area (Å²) in [5, 5.41) is 7.66. The average molecular weight is 894 g/mol. The van der Waals surface area contributed by atoms with Crippen molar-refractivity contribution in [3.63, 3.8) is 0 Å². The molecule has 14 aromatic rings. The van der Waals surface area contributed by atoms with Gasteiger partial charge in [-0.05, 0) is 70.8 Å².